The first kappa shape index (κ1) is 16.6. The highest BCUT2D eigenvalue weighted by molar-refractivity contribution is 5.42. The summed E-state index contributed by atoms with van der Waals surface area (Å²) in [7, 11) is 0. The van der Waals surface area contributed by atoms with Crippen molar-refractivity contribution in [1.29, 1.82) is 0 Å². The van der Waals surface area contributed by atoms with E-state index in [4.69, 9.17) is 4.74 Å². The van der Waals surface area contributed by atoms with Gasteiger partial charge in [0.15, 0.2) is 0 Å². The van der Waals surface area contributed by atoms with Crippen LogP contribution in [0.15, 0.2) is 42.5 Å². The Labute approximate surface area is 135 Å². The second-order valence-electron chi connectivity index (χ2n) is 6.93. The molecule has 2 rings (SSSR count). The van der Waals surface area contributed by atoms with Crippen LogP contribution in [0.5, 0.6) is 11.5 Å². The van der Waals surface area contributed by atoms with Crippen molar-refractivity contribution in [1.82, 2.24) is 0 Å². The lowest BCUT2D eigenvalue weighted by Crippen LogP contribution is -1.99. The topological polar surface area (TPSA) is 9.23 Å². The third kappa shape index (κ3) is 3.91. The smallest absolute Gasteiger partial charge is 0.127 e. The number of hydrogen-bond acceptors (Lipinski definition) is 1. The van der Waals surface area contributed by atoms with Crippen LogP contribution in [0.1, 0.15) is 76.0 Å². The Morgan fingerprint density at radius 3 is 1.86 bits per heavy atom. The van der Waals surface area contributed by atoms with Crippen molar-refractivity contribution in [3.05, 3.63) is 59.2 Å². The standard InChI is InChI=1S/C21H28O/c1-14(2)17-8-7-9-18(12-17)22-19-10-11-20(15(3)4)21(13-19)16(5)6/h7-16H,1-6H3. The molecule has 0 aliphatic heterocycles. The molecular weight excluding hydrogens is 268 g/mol. The van der Waals surface area contributed by atoms with Gasteiger partial charge >= 0.3 is 0 Å². The SMILES string of the molecule is CC(C)c1cccc(Oc2ccc(C(C)C)c(C(C)C)c2)c1. The summed E-state index contributed by atoms with van der Waals surface area (Å²) in [5.74, 6) is 3.39. The van der Waals surface area contributed by atoms with E-state index in [2.05, 4.69) is 77.9 Å². The van der Waals surface area contributed by atoms with Crippen molar-refractivity contribution in [2.75, 3.05) is 0 Å². The number of benzene rings is 2. The fourth-order valence-corrected chi connectivity index (χ4v) is 2.72. The monoisotopic (exact) mass is 296 g/mol. The molecule has 2 aromatic carbocycles. The summed E-state index contributed by atoms with van der Waals surface area (Å²) in [5, 5.41) is 0. The normalized spacial score (nSPS) is 11.5. The molecule has 22 heavy (non-hydrogen) atoms. The van der Waals surface area contributed by atoms with Gasteiger partial charge in [-0.25, -0.2) is 0 Å². The number of rotatable bonds is 5. The van der Waals surface area contributed by atoms with Gasteiger partial charge in [-0.2, -0.15) is 0 Å². The van der Waals surface area contributed by atoms with Crippen LogP contribution in [-0.4, -0.2) is 0 Å². The van der Waals surface area contributed by atoms with E-state index < -0.39 is 0 Å². The molecule has 1 nitrogen and oxygen atoms in total. The average Bonchev–Trinajstić information content (AvgIpc) is 2.47. The van der Waals surface area contributed by atoms with Crippen molar-refractivity contribution < 1.29 is 4.74 Å². The predicted octanol–water partition coefficient (Wildman–Crippen LogP) is 6.85. The first-order valence-corrected chi connectivity index (χ1v) is 8.30. The van der Waals surface area contributed by atoms with Gasteiger partial charge in [-0.1, -0.05) is 59.7 Å². The summed E-state index contributed by atoms with van der Waals surface area (Å²) in [4.78, 5) is 0. The summed E-state index contributed by atoms with van der Waals surface area (Å²) in [6.45, 7) is 13.4. The molecule has 0 bridgehead atoms. The van der Waals surface area contributed by atoms with Crippen LogP contribution in [0, 0.1) is 0 Å². The molecule has 0 spiro atoms. The molecule has 2 aromatic rings. The van der Waals surface area contributed by atoms with E-state index in [9.17, 15) is 0 Å². The van der Waals surface area contributed by atoms with Crippen LogP contribution in [0.3, 0.4) is 0 Å². The van der Waals surface area contributed by atoms with Gasteiger partial charge in [0.05, 0.1) is 0 Å². The van der Waals surface area contributed by atoms with E-state index >= 15 is 0 Å². The third-order valence-electron chi connectivity index (χ3n) is 4.06. The zero-order valence-electron chi connectivity index (χ0n) is 14.7. The fourth-order valence-electron chi connectivity index (χ4n) is 2.72. The van der Waals surface area contributed by atoms with Crippen molar-refractivity contribution in [3.8, 4) is 11.5 Å². The number of hydrogen-bond donors (Lipinski definition) is 0. The molecule has 0 amide bonds. The molecule has 0 aliphatic rings. The van der Waals surface area contributed by atoms with Crippen LogP contribution >= 0.6 is 0 Å². The molecule has 0 fully saturated rings. The maximum absolute atomic E-state index is 6.09. The Bertz CT molecular complexity index is 624. The van der Waals surface area contributed by atoms with Crippen molar-refractivity contribution >= 4 is 0 Å². The Hall–Kier alpha value is -1.76. The molecule has 118 valence electrons. The van der Waals surface area contributed by atoms with E-state index in [0.29, 0.717) is 17.8 Å². The molecule has 0 atom stereocenters. The van der Waals surface area contributed by atoms with Crippen LogP contribution in [0.4, 0.5) is 0 Å². The van der Waals surface area contributed by atoms with Gasteiger partial charge in [0.2, 0.25) is 0 Å². The maximum Gasteiger partial charge on any atom is 0.127 e. The molecule has 1 heteroatoms. The molecule has 0 saturated carbocycles. The summed E-state index contributed by atoms with van der Waals surface area (Å²) in [5.41, 5.74) is 4.10. The van der Waals surface area contributed by atoms with Crippen LogP contribution < -0.4 is 4.74 Å². The predicted molar refractivity (Wildman–Crippen MR) is 95.2 cm³/mol. The first-order chi connectivity index (χ1) is 10.4. The molecule has 0 unspecified atom stereocenters. The van der Waals surface area contributed by atoms with E-state index in [0.717, 1.165) is 11.5 Å². The minimum atomic E-state index is 0.503. The zero-order valence-corrected chi connectivity index (χ0v) is 14.7. The van der Waals surface area contributed by atoms with Gasteiger partial charge in [0, 0.05) is 0 Å². The lowest BCUT2D eigenvalue weighted by Gasteiger charge is -2.18. The van der Waals surface area contributed by atoms with Crippen molar-refractivity contribution in [2.45, 2.75) is 59.3 Å². The molecule has 0 aliphatic carbocycles. The highest BCUT2D eigenvalue weighted by Gasteiger charge is 2.12. The Balaban J connectivity index is 2.30. The van der Waals surface area contributed by atoms with E-state index in [1.54, 1.807) is 0 Å². The highest BCUT2D eigenvalue weighted by Crippen LogP contribution is 2.32. The highest BCUT2D eigenvalue weighted by atomic mass is 16.5. The molecular formula is C21H28O. The summed E-state index contributed by atoms with van der Waals surface area (Å²) in [6, 6.07) is 14.9. The average molecular weight is 296 g/mol. The zero-order chi connectivity index (χ0) is 16.3. The van der Waals surface area contributed by atoms with Crippen molar-refractivity contribution in [3.63, 3.8) is 0 Å². The second-order valence-corrected chi connectivity index (χ2v) is 6.93. The van der Waals surface area contributed by atoms with Crippen molar-refractivity contribution in [2.24, 2.45) is 0 Å². The molecule has 0 aromatic heterocycles. The molecule has 0 N–H and O–H groups in total. The lowest BCUT2D eigenvalue weighted by molar-refractivity contribution is 0.480. The van der Waals surface area contributed by atoms with Crippen LogP contribution in [0.25, 0.3) is 0 Å². The van der Waals surface area contributed by atoms with Crippen LogP contribution in [0.2, 0.25) is 0 Å². The van der Waals surface area contributed by atoms with Gasteiger partial charge in [-0.05, 0) is 58.7 Å². The summed E-state index contributed by atoms with van der Waals surface area (Å²) >= 11 is 0. The maximum atomic E-state index is 6.09. The van der Waals surface area contributed by atoms with Gasteiger partial charge < -0.3 is 4.74 Å². The summed E-state index contributed by atoms with van der Waals surface area (Å²) < 4.78 is 6.09. The molecule has 0 heterocycles. The Kier molecular flexibility index (Phi) is 5.28. The largest absolute Gasteiger partial charge is 0.457 e. The first-order valence-electron chi connectivity index (χ1n) is 8.30. The number of ether oxygens (including phenoxy) is 1. The van der Waals surface area contributed by atoms with E-state index in [1.807, 2.05) is 6.07 Å². The quantitative estimate of drug-likeness (QED) is 0.586. The van der Waals surface area contributed by atoms with Gasteiger partial charge in [0.25, 0.3) is 0 Å². The Morgan fingerprint density at radius 1 is 0.636 bits per heavy atom. The van der Waals surface area contributed by atoms with Gasteiger partial charge in [0.1, 0.15) is 11.5 Å². The Morgan fingerprint density at radius 2 is 1.27 bits per heavy atom. The van der Waals surface area contributed by atoms with E-state index in [-0.39, 0.29) is 0 Å². The minimum absolute atomic E-state index is 0.503. The van der Waals surface area contributed by atoms with Crippen LogP contribution in [-0.2, 0) is 0 Å². The molecule has 0 saturated heterocycles. The second kappa shape index (κ2) is 7.00. The summed E-state index contributed by atoms with van der Waals surface area (Å²) in [6.07, 6.45) is 0. The third-order valence-corrected chi connectivity index (χ3v) is 4.06. The van der Waals surface area contributed by atoms with E-state index in [1.165, 1.54) is 16.7 Å². The lowest BCUT2D eigenvalue weighted by atomic mass is 9.90. The fraction of sp³-hybridized carbons (Fsp3) is 0.429. The van der Waals surface area contributed by atoms with Gasteiger partial charge in [-0.3, -0.25) is 0 Å². The van der Waals surface area contributed by atoms with Gasteiger partial charge in [-0.15, -0.1) is 0 Å². The molecule has 0 radical (unpaired) electrons. The minimum Gasteiger partial charge on any atom is -0.457 e.